The van der Waals surface area contributed by atoms with E-state index in [1.807, 2.05) is 57.3 Å². The average Bonchev–Trinajstić information content (AvgIpc) is 3.51. The zero-order valence-corrected chi connectivity index (χ0v) is 31.7. The number of H-pyrrole nitrogens is 1. The molecule has 1 atom stereocenters. The second-order valence-electron chi connectivity index (χ2n) is 16.1. The minimum atomic E-state index is -4.29. The van der Waals surface area contributed by atoms with E-state index in [0.29, 0.717) is 24.7 Å². The summed E-state index contributed by atoms with van der Waals surface area (Å²) in [4.78, 5) is 24.0. The molecular formula is C40H57F3N8O. The van der Waals surface area contributed by atoms with Crippen LogP contribution in [0.3, 0.4) is 0 Å². The van der Waals surface area contributed by atoms with Gasteiger partial charge in [-0.25, -0.2) is 4.79 Å². The number of rotatable bonds is 9. The number of hydrogen-bond acceptors (Lipinski definition) is 5. The Labute approximate surface area is 305 Å². The van der Waals surface area contributed by atoms with E-state index in [2.05, 4.69) is 54.0 Å². The molecular weight excluding hydrogens is 665 g/mol. The second-order valence-corrected chi connectivity index (χ2v) is 16.1. The van der Waals surface area contributed by atoms with Gasteiger partial charge in [-0.1, -0.05) is 59.7 Å². The summed E-state index contributed by atoms with van der Waals surface area (Å²) in [5.74, 6) is 0.881. The Balaban J connectivity index is 0.000000244. The van der Waals surface area contributed by atoms with Crippen molar-refractivity contribution in [2.45, 2.75) is 110 Å². The molecule has 2 aromatic carbocycles. The SMILES string of the molecule is CC(C)(C)c1cc(C2CCC(CN)CC2)cc(C(F)(F)F)c1.C[C@H](NCCCN=C(N)N)c1ccc(-n2cc3cc(C(C)(C)C)[nH]c3nc2=O)cc1. The number of nitrogens with two attached hydrogens (primary N) is 3. The van der Waals surface area contributed by atoms with Crippen LogP contribution in [-0.4, -0.2) is 40.1 Å². The molecule has 12 heteroatoms. The first-order chi connectivity index (χ1) is 24.3. The normalized spacial score (nSPS) is 17.4. The van der Waals surface area contributed by atoms with Gasteiger partial charge in [-0.2, -0.15) is 18.2 Å². The Bertz CT molecular complexity index is 1820. The molecule has 2 aromatic heterocycles. The van der Waals surface area contributed by atoms with E-state index in [1.54, 1.807) is 4.57 Å². The summed E-state index contributed by atoms with van der Waals surface area (Å²) in [7, 11) is 0. The Kier molecular flexibility index (Phi) is 13.0. The maximum absolute atomic E-state index is 13.2. The molecule has 284 valence electrons. The van der Waals surface area contributed by atoms with Crippen molar-refractivity contribution in [1.29, 1.82) is 0 Å². The molecule has 0 radical (unpaired) electrons. The zero-order chi connectivity index (χ0) is 38.4. The zero-order valence-electron chi connectivity index (χ0n) is 31.7. The number of aromatic amines is 1. The van der Waals surface area contributed by atoms with E-state index in [-0.39, 0.29) is 34.4 Å². The quantitative estimate of drug-likeness (QED) is 0.0683. The van der Waals surface area contributed by atoms with Crippen LogP contribution in [0.25, 0.3) is 16.7 Å². The number of benzene rings is 2. The van der Waals surface area contributed by atoms with Gasteiger partial charge in [0, 0.05) is 35.3 Å². The molecule has 5 rings (SSSR count). The summed E-state index contributed by atoms with van der Waals surface area (Å²) in [5.41, 5.74) is 20.4. The predicted molar refractivity (Wildman–Crippen MR) is 206 cm³/mol. The largest absolute Gasteiger partial charge is 0.416 e. The van der Waals surface area contributed by atoms with Crippen LogP contribution in [0.15, 0.2) is 64.5 Å². The third-order valence-corrected chi connectivity index (χ3v) is 9.87. The highest BCUT2D eigenvalue weighted by Crippen LogP contribution is 2.40. The van der Waals surface area contributed by atoms with Crippen molar-refractivity contribution in [2.75, 3.05) is 19.6 Å². The number of nitrogens with one attached hydrogen (secondary N) is 2. The van der Waals surface area contributed by atoms with E-state index in [0.717, 1.165) is 72.1 Å². The fraction of sp³-hybridized carbons (Fsp3) is 0.525. The van der Waals surface area contributed by atoms with Crippen molar-refractivity contribution in [2.24, 2.45) is 28.1 Å². The summed E-state index contributed by atoms with van der Waals surface area (Å²) >= 11 is 0. The third kappa shape index (κ3) is 10.9. The number of fused-ring (bicyclic) bond motifs is 1. The van der Waals surface area contributed by atoms with Gasteiger partial charge in [0.1, 0.15) is 5.65 Å². The fourth-order valence-electron chi connectivity index (χ4n) is 6.45. The van der Waals surface area contributed by atoms with Gasteiger partial charge in [0.25, 0.3) is 0 Å². The third-order valence-electron chi connectivity index (χ3n) is 9.87. The lowest BCUT2D eigenvalue weighted by molar-refractivity contribution is -0.137. The smallest absolute Gasteiger partial charge is 0.370 e. The molecule has 1 aliphatic carbocycles. The molecule has 0 saturated heterocycles. The number of nitrogens with zero attached hydrogens (tertiary/aromatic N) is 3. The lowest BCUT2D eigenvalue weighted by atomic mass is 9.76. The molecule has 2 heterocycles. The summed E-state index contributed by atoms with van der Waals surface area (Å²) in [6, 6.07) is 14.8. The molecule has 1 aliphatic rings. The maximum atomic E-state index is 13.2. The topological polar surface area (TPSA) is 153 Å². The number of alkyl halides is 3. The van der Waals surface area contributed by atoms with Crippen molar-refractivity contribution >= 4 is 17.0 Å². The van der Waals surface area contributed by atoms with Gasteiger partial charge >= 0.3 is 11.9 Å². The second kappa shape index (κ2) is 16.7. The van der Waals surface area contributed by atoms with Crippen LogP contribution < -0.4 is 28.2 Å². The molecule has 0 bridgehead atoms. The van der Waals surface area contributed by atoms with Crippen molar-refractivity contribution in [1.82, 2.24) is 19.9 Å². The summed E-state index contributed by atoms with van der Waals surface area (Å²) in [6.45, 7) is 16.4. The molecule has 1 saturated carbocycles. The van der Waals surface area contributed by atoms with Crippen molar-refractivity contribution in [3.63, 3.8) is 0 Å². The average molecular weight is 723 g/mol. The first-order valence-electron chi connectivity index (χ1n) is 18.2. The maximum Gasteiger partial charge on any atom is 0.416 e. The first kappa shape index (κ1) is 40.6. The van der Waals surface area contributed by atoms with E-state index < -0.39 is 11.7 Å². The van der Waals surface area contributed by atoms with E-state index in [9.17, 15) is 18.0 Å². The molecule has 4 aromatic rings. The van der Waals surface area contributed by atoms with Gasteiger partial charge in [0.05, 0.1) is 11.3 Å². The Hall–Kier alpha value is -4.16. The predicted octanol–water partition coefficient (Wildman–Crippen LogP) is 7.56. The standard InChI is InChI=1S/C22H31N7O.C18H26F3N/c1-14(25-10-5-11-26-20(23)24)15-6-8-17(9-7-15)29-13-16-12-18(22(2,3)4)27-19(16)28-21(29)30;1-17(2,3)15-8-14(9-16(10-15)18(19,20)21)13-6-4-12(11-22)5-7-13/h6-9,12-14,25H,5,10-11H2,1-4H3,(H4,23,24,26)(H,27,28,30);8-10,12-13H,4-7,11,22H2,1-3H3/t14-;/m0./s1. The van der Waals surface area contributed by atoms with Crippen LogP contribution in [0.5, 0.6) is 0 Å². The van der Waals surface area contributed by atoms with Crippen LogP contribution >= 0.6 is 0 Å². The van der Waals surface area contributed by atoms with E-state index in [1.165, 1.54) is 12.1 Å². The van der Waals surface area contributed by atoms with Crippen molar-refractivity contribution < 1.29 is 13.2 Å². The lowest BCUT2D eigenvalue weighted by Crippen LogP contribution is -2.24. The number of aliphatic imine (C=N–C) groups is 1. The Morgan fingerprint density at radius 1 is 0.962 bits per heavy atom. The van der Waals surface area contributed by atoms with Crippen LogP contribution in [0.4, 0.5) is 13.2 Å². The van der Waals surface area contributed by atoms with Crippen LogP contribution in [0.1, 0.15) is 120 Å². The van der Waals surface area contributed by atoms with Crippen LogP contribution in [0, 0.1) is 5.92 Å². The highest BCUT2D eigenvalue weighted by atomic mass is 19.4. The fourth-order valence-corrected chi connectivity index (χ4v) is 6.45. The lowest BCUT2D eigenvalue weighted by Gasteiger charge is -2.30. The molecule has 8 N–H and O–H groups in total. The van der Waals surface area contributed by atoms with Gasteiger partial charge in [0.2, 0.25) is 0 Å². The number of aromatic nitrogens is 3. The van der Waals surface area contributed by atoms with Crippen molar-refractivity contribution in [3.05, 3.63) is 93.2 Å². The Morgan fingerprint density at radius 2 is 1.60 bits per heavy atom. The van der Waals surface area contributed by atoms with Gasteiger partial charge in [-0.3, -0.25) is 9.56 Å². The Morgan fingerprint density at radius 3 is 2.15 bits per heavy atom. The number of hydrogen-bond donors (Lipinski definition) is 5. The van der Waals surface area contributed by atoms with Gasteiger partial charge in [-0.15, -0.1) is 0 Å². The van der Waals surface area contributed by atoms with Gasteiger partial charge < -0.3 is 27.5 Å². The highest BCUT2D eigenvalue weighted by Gasteiger charge is 2.33. The monoisotopic (exact) mass is 722 g/mol. The molecule has 0 spiro atoms. The molecule has 0 unspecified atom stereocenters. The molecule has 0 amide bonds. The first-order valence-corrected chi connectivity index (χ1v) is 18.2. The van der Waals surface area contributed by atoms with Crippen molar-refractivity contribution in [3.8, 4) is 5.69 Å². The van der Waals surface area contributed by atoms with E-state index in [4.69, 9.17) is 17.2 Å². The molecule has 9 nitrogen and oxygen atoms in total. The van der Waals surface area contributed by atoms with Gasteiger partial charge in [0.15, 0.2) is 5.96 Å². The van der Waals surface area contributed by atoms with Crippen LogP contribution in [-0.2, 0) is 17.0 Å². The van der Waals surface area contributed by atoms with Gasteiger partial charge in [-0.05, 0) is 116 Å². The molecule has 52 heavy (non-hydrogen) atoms. The minimum absolute atomic E-state index is 0.0390. The summed E-state index contributed by atoms with van der Waals surface area (Å²) < 4.78 is 41.2. The highest BCUT2D eigenvalue weighted by molar-refractivity contribution is 5.76. The van der Waals surface area contributed by atoms with E-state index >= 15 is 0 Å². The number of guanidine groups is 1. The molecule has 0 aliphatic heterocycles. The number of halogens is 3. The van der Waals surface area contributed by atoms with Crippen LogP contribution in [0.2, 0.25) is 0 Å². The summed E-state index contributed by atoms with van der Waals surface area (Å²) in [5, 5.41) is 4.36. The minimum Gasteiger partial charge on any atom is -0.370 e. The molecule has 1 fully saturated rings. The summed E-state index contributed by atoms with van der Waals surface area (Å²) in [6.07, 6.45) is 2.32.